The van der Waals surface area contributed by atoms with Crippen molar-refractivity contribution in [2.75, 3.05) is 12.4 Å². The lowest BCUT2D eigenvalue weighted by molar-refractivity contribution is -0.282. The van der Waals surface area contributed by atoms with Gasteiger partial charge in [0, 0.05) is 12.2 Å². The second-order valence-electron chi connectivity index (χ2n) is 3.63. The Bertz CT molecular complexity index is 267. The number of alkyl halides is 5. The summed E-state index contributed by atoms with van der Waals surface area (Å²) in [6, 6.07) is 0. The van der Waals surface area contributed by atoms with E-state index in [0.717, 1.165) is 11.8 Å². The number of rotatable bonds is 7. The van der Waals surface area contributed by atoms with Gasteiger partial charge in [0.1, 0.15) is 0 Å². The molecule has 0 saturated heterocycles. The van der Waals surface area contributed by atoms with E-state index in [4.69, 9.17) is 4.74 Å². The molecule has 0 N–H and O–H groups in total. The molecular formula is C10H15F5O2S. The van der Waals surface area contributed by atoms with Gasteiger partial charge in [-0.25, -0.2) is 0 Å². The monoisotopic (exact) mass is 294 g/mol. The second-order valence-corrected chi connectivity index (χ2v) is 5.08. The molecule has 108 valence electrons. The average Bonchev–Trinajstić information content (AvgIpc) is 2.23. The highest BCUT2D eigenvalue weighted by Crippen LogP contribution is 2.39. The van der Waals surface area contributed by atoms with Crippen molar-refractivity contribution in [1.29, 1.82) is 0 Å². The minimum Gasteiger partial charge on any atom is -0.465 e. The first-order chi connectivity index (χ1) is 8.12. The van der Waals surface area contributed by atoms with Gasteiger partial charge in [0.2, 0.25) is 0 Å². The standard InChI is InChI=1S/C10H15F5O2S/c1-3-5-17-8(16)7(2)18-6-4-9(11,12)10(13,14)15/h7H,3-6H2,1-2H3. The molecule has 0 aromatic rings. The summed E-state index contributed by atoms with van der Waals surface area (Å²) >= 11 is 0.723. The molecule has 0 rings (SSSR count). The van der Waals surface area contributed by atoms with Gasteiger partial charge in [-0.1, -0.05) is 6.92 Å². The zero-order chi connectivity index (χ0) is 14.4. The van der Waals surface area contributed by atoms with Crippen LogP contribution in [0, 0.1) is 0 Å². The molecule has 0 aromatic heterocycles. The molecular weight excluding hydrogens is 279 g/mol. The Morgan fingerprint density at radius 1 is 1.28 bits per heavy atom. The van der Waals surface area contributed by atoms with Crippen LogP contribution in [0.2, 0.25) is 0 Å². The molecule has 2 nitrogen and oxygen atoms in total. The number of esters is 1. The van der Waals surface area contributed by atoms with E-state index in [0.29, 0.717) is 6.42 Å². The Morgan fingerprint density at radius 3 is 2.28 bits per heavy atom. The molecule has 1 atom stereocenters. The zero-order valence-electron chi connectivity index (χ0n) is 10.0. The molecule has 0 amide bonds. The topological polar surface area (TPSA) is 26.3 Å². The maximum absolute atomic E-state index is 12.5. The third-order valence-electron chi connectivity index (χ3n) is 1.98. The number of carbonyl (C=O) groups is 1. The molecule has 0 aliphatic rings. The predicted molar refractivity (Wildman–Crippen MR) is 58.8 cm³/mol. The molecule has 1 unspecified atom stereocenters. The van der Waals surface area contributed by atoms with Crippen LogP contribution in [-0.2, 0) is 9.53 Å². The fraction of sp³-hybridized carbons (Fsp3) is 0.900. The molecule has 0 radical (unpaired) electrons. The summed E-state index contributed by atoms with van der Waals surface area (Å²) < 4.78 is 65.3. The fourth-order valence-corrected chi connectivity index (χ4v) is 1.83. The van der Waals surface area contributed by atoms with Gasteiger partial charge < -0.3 is 4.74 Å². The molecule has 0 spiro atoms. The van der Waals surface area contributed by atoms with Crippen LogP contribution in [0.3, 0.4) is 0 Å². The predicted octanol–water partition coefficient (Wildman–Crippen LogP) is 3.65. The van der Waals surface area contributed by atoms with E-state index in [-0.39, 0.29) is 6.61 Å². The van der Waals surface area contributed by atoms with E-state index in [9.17, 15) is 26.7 Å². The number of thioether (sulfide) groups is 1. The van der Waals surface area contributed by atoms with E-state index in [1.165, 1.54) is 6.92 Å². The van der Waals surface area contributed by atoms with E-state index in [2.05, 4.69) is 0 Å². The molecule has 0 fully saturated rings. The highest BCUT2D eigenvalue weighted by molar-refractivity contribution is 8.00. The minimum atomic E-state index is -5.54. The van der Waals surface area contributed by atoms with Gasteiger partial charge in [0.25, 0.3) is 0 Å². The van der Waals surface area contributed by atoms with Crippen LogP contribution < -0.4 is 0 Å². The lowest BCUT2D eigenvalue weighted by atomic mass is 10.2. The van der Waals surface area contributed by atoms with Crippen molar-refractivity contribution in [2.45, 2.75) is 44.0 Å². The number of hydrogen-bond donors (Lipinski definition) is 0. The van der Waals surface area contributed by atoms with Crippen LogP contribution in [-0.4, -0.2) is 35.7 Å². The average molecular weight is 294 g/mol. The first-order valence-corrected chi connectivity index (χ1v) is 6.39. The van der Waals surface area contributed by atoms with Crippen LogP contribution in [0.5, 0.6) is 0 Å². The Balaban J connectivity index is 4.01. The third-order valence-corrected chi connectivity index (χ3v) is 3.11. The van der Waals surface area contributed by atoms with E-state index < -0.39 is 35.5 Å². The highest BCUT2D eigenvalue weighted by Gasteiger charge is 2.56. The summed E-state index contributed by atoms with van der Waals surface area (Å²) in [6.07, 6.45) is -6.26. The van der Waals surface area contributed by atoms with Crippen LogP contribution in [0.15, 0.2) is 0 Å². The second kappa shape index (κ2) is 7.16. The zero-order valence-corrected chi connectivity index (χ0v) is 10.8. The maximum atomic E-state index is 12.5. The van der Waals surface area contributed by atoms with Crippen LogP contribution >= 0.6 is 11.8 Å². The van der Waals surface area contributed by atoms with Crippen molar-refractivity contribution in [2.24, 2.45) is 0 Å². The lowest BCUT2D eigenvalue weighted by Crippen LogP contribution is -2.37. The Hall–Kier alpha value is -0.530. The number of carbonyl (C=O) groups excluding carboxylic acids is 1. The summed E-state index contributed by atoms with van der Waals surface area (Å²) in [5, 5.41) is -0.749. The van der Waals surface area contributed by atoms with Gasteiger partial charge in [-0.2, -0.15) is 22.0 Å². The molecule has 8 heteroatoms. The summed E-state index contributed by atoms with van der Waals surface area (Å²) in [5.41, 5.74) is 0. The third kappa shape index (κ3) is 5.88. The van der Waals surface area contributed by atoms with Gasteiger partial charge in [-0.05, 0) is 13.3 Å². The summed E-state index contributed by atoms with van der Waals surface area (Å²) in [6.45, 7) is 3.41. The number of halogens is 5. The molecule has 18 heavy (non-hydrogen) atoms. The highest BCUT2D eigenvalue weighted by atomic mass is 32.2. The molecule has 0 saturated carbocycles. The Labute approximate surface area is 106 Å². The largest absolute Gasteiger partial charge is 0.465 e. The van der Waals surface area contributed by atoms with Crippen molar-refractivity contribution in [3.05, 3.63) is 0 Å². The van der Waals surface area contributed by atoms with Gasteiger partial charge in [-0.3, -0.25) is 4.79 Å². The molecule has 0 aliphatic heterocycles. The van der Waals surface area contributed by atoms with E-state index >= 15 is 0 Å². The first-order valence-electron chi connectivity index (χ1n) is 5.34. The number of ether oxygens (including phenoxy) is 1. The fourth-order valence-electron chi connectivity index (χ4n) is 0.894. The van der Waals surface area contributed by atoms with Crippen molar-refractivity contribution in [1.82, 2.24) is 0 Å². The SMILES string of the molecule is CCCOC(=O)C(C)SCCC(F)(F)C(F)(F)F. The van der Waals surface area contributed by atoms with Crippen molar-refractivity contribution in [3.63, 3.8) is 0 Å². The van der Waals surface area contributed by atoms with Crippen molar-refractivity contribution < 1.29 is 31.5 Å². The van der Waals surface area contributed by atoms with Crippen LogP contribution in [0.4, 0.5) is 22.0 Å². The smallest absolute Gasteiger partial charge is 0.453 e. The number of hydrogen-bond acceptors (Lipinski definition) is 3. The molecule has 0 aromatic carbocycles. The first kappa shape index (κ1) is 17.5. The van der Waals surface area contributed by atoms with Gasteiger partial charge in [0.15, 0.2) is 0 Å². The summed E-state index contributed by atoms with van der Waals surface area (Å²) in [5.74, 6) is -5.78. The van der Waals surface area contributed by atoms with Gasteiger partial charge >= 0.3 is 18.1 Å². The van der Waals surface area contributed by atoms with Gasteiger partial charge in [-0.15, -0.1) is 11.8 Å². The van der Waals surface area contributed by atoms with Crippen molar-refractivity contribution in [3.8, 4) is 0 Å². The minimum absolute atomic E-state index is 0.211. The van der Waals surface area contributed by atoms with Crippen LogP contribution in [0.25, 0.3) is 0 Å². The molecule has 0 heterocycles. The molecule has 0 bridgehead atoms. The quantitative estimate of drug-likeness (QED) is 0.529. The normalized spacial score (nSPS) is 14.4. The molecule has 0 aliphatic carbocycles. The lowest BCUT2D eigenvalue weighted by Gasteiger charge is -2.19. The maximum Gasteiger partial charge on any atom is 0.453 e. The summed E-state index contributed by atoms with van der Waals surface area (Å²) in [4.78, 5) is 11.2. The summed E-state index contributed by atoms with van der Waals surface area (Å²) in [7, 11) is 0. The Kier molecular flexibility index (Phi) is 6.94. The Morgan fingerprint density at radius 2 is 1.83 bits per heavy atom. The van der Waals surface area contributed by atoms with E-state index in [1.54, 1.807) is 6.92 Å². The van der Waals surface area contributed by atoms with Gasteiger partial charge in [0.05, 0.1) is 11.9 Å². The van der Waals surface area contributed by atoms with Crippen molar-refractivity contribution >= 4 is 17.7 Å². The van der Waals surface area contributed by atoms with Crippen LogP contribution in [0.1, 0.15) is 26.7 Å². The van der Waals surface area contributed by atoms with E-state index in [1.807, 2.05) is 0 Å².